The topological polar surface area (TPSA) is 158 Å². The van der Waals surface area contributed by atoms with Gasteiger partial charge >= 0.3 is 11.9 Å². The Labute approximate surface area is 167 Å². The predicted octanol–water partition coefficient (Wildman–Crippen LogP) is 1.38. The lowest BCUT2D eigenvalue weighted by atomic mass is 10.2. The van der Waals surface area contributed by atoms with Gasteiger partial charge in [-0.3, -0.25) is 0 Å². The van der Waals surface area contributed by atoms with Gasteiger partial charge in [-0.25, -0.2) is 24.4 Å². The molecule has 3 heterocycles. The maximum absolute atomic E-state index is 11.3. The molecular formula is C16H14ClN7O5. The van der Waals surface area contributed by atoms with Crippen LogP contribution in [0.25, 0.3) is 16.9 Å². The van der Waals surface area contributed by atoms with Gasteiger partial charge in [0.05, 0.1) is 7.11 Å². The van der Waals surface area contributed by atoms with Gasteiger partial charge in [0, 0.05) is 19.5 Å². The zero-order valence-electron chi connectivity index (χ0n) is 15.2. The minimum absolute atomic E-state index is 0.0831. The first-order chi connectivity index (χ1) is 13.9. The molecule has 0 fully saturated rings. The van der Waals surface area contributed by atoms with Gasteiger partial charge < -0.3 is 14.3 Å². The smallest absolute Gasteiger partial charge is 0.357 e. The van der Waals surface area contributed by atoms with E-state index in [4.69, 9.17) is 21.3 Å². The maximum atomic E-state index is 11.3. The third-order valence-corrected chi connectivity index (χ3v) is 3.75. The molecule has 0 spiro atoms. The Hall–Kier alpha value is -3.64. The number of hydrogen-bond donors (Lipinski definition) is 2. The number of carbonyl (C=O) groups excluding carboxylic acids is 1. The summed E-state index contributed by atoms with van der Waals surface area (Å²) >= 11 is 5.40. The molecule has 0 bridgehead atoms. The number of ether oxygens (including phenoxy) is 1. The minimum Gasteiger partial charge on any atom is -0.477 e. The summed E-state index contributed by atoms with van der Waals surface area (Å²) in [6.45, 7) is 2.46. The monoisotopic (exact) mass is 419 g/mol. The third kappa shape index (κ3) is 4.44. The van der Waals surface area contributed by atoms with E-state index in [1.165, 1.54) is 7.11 Å². The van der Waals surface area contributed by atoms with Gasteiger partial charge in [-0.1, -0.05) is 11.2 Å². The van der Waals surface area contributed by atoms with E-state index in [1.54, 1.807) is 0 Å². The number of aromatic carboxylic acids is 1. The fraction of sp³-hybridized carbons (Fsp3) is 0.188. The Balaban J connectivity index is 0.000000169. The molecule has 0 saturated heterocycles. The van der Waals surface area contributed by atoms with Gasteiger partial charge in [0.15, 0.2) is 22.9 Å². The standard InChI is InChI=1S/C9H9ClN2O.C7H5N5O4/c1-6-12-8-4-7(5-11-10)2-3-9(8)13-6;1-16-6(15)4-2-3(5(13)14)8-7-9-10-11-12(4)7/h2-4,11H,5H2,1H3;2H,1H3,(H,13,14). The van der Waals surface area contributed by atoms with Gasteiger partial charge in [-0.2, -0.15) is 4.52 Å². The van der Waals surface area contributed by atoms with Crippen molar-refractivity contribution in [3.8, 4) is 0 Å². The van der Waals surface area contributed by atoms with Crippen LogP contribution in [0.5, 0.6) is 0 Å². The van der Waals surface area contributed by atoms with Crippen molar-refractivity contribution in [2.24, 2.45) is 0 Å². The molecule has 0 atom stereocenters. The first-order valence-corrected chi connectivity index (χ1v) is 8.41. The number of esters is 1. The second-order valence-electron chi connectivity index (χ2n) is 5.56. The number of oxazole rings is 1. The highest BCUT2D eigenvalue weighted by Crippen LogP contribution is 2.16. The van der Waals surface area contributed by atoms with E-state index < -0.39 is 11.9 Å². The summed E-state index contributed by atoms with van der Waals surface area (Å²) in [5.41, 5.74) is 2.35. The van der Waals surface area contributed by atoms with Crippen molar-refractivity contribution in [3.05, 3.63) is 47.1 Å². The van der Waals surface area contributed by atoms with Gasteiger partial charge in [0.1, 0.15) is 5.52 Å². The van der Waals surface area contributed by atoms with E-state index in [0.29, 0.717) is 12.4 Å². The first-order valence-electron chi connectivity index (χ1n) is 8.03. The van der Waals surface area contributed by atoms with Crippen molar-refractivity contribution in [3.63, 3.8) is 0 Å². The fourth-order valence-electron chi connectivity index (χ4n) is 2.37. The summed E-state index contributed by atoms with van der Waals surface area (Å²) in [5, 5.41) is 19.0. The number of aryl methyl sites for hydroxylation is 1. The molecule has 0 saturated carbocycles. The lowest BCUT2D eigenvalue weighted by Gasteiger charge is -2.01. The van der Waals surface area contributed by atoms with E-state index >= 15 is 0 Å². The van der Waals surface area contributed by atoms with Crippen molar-refractivity contribution in [2.45, 2.75) is 13.5 Å². The zero-order valence-corrected chi connectivity index (χ0v) is 15.9. The van der Waals surface area contributed by atoms with Crippen molar-refractivity contribution < 1.29 is 23.8 Å². The Kier molecular flexibility index (Phi) is 5.95. The second-order valence-corrected chi connectivity index (χ2v) is 5.83. The number of tetrazole rings is 1. The van der Waals surface area contributed by atoms with Crippen LogP contribution in [0.4, 0.5) is 0 Å². The van der Waals surface area contributed by atoms with Crippen LogP contribution in [-0.4, -0.2) is 54.2 Å². The lowest BCUT2D eigenvalue weighted by Crippen LogP contribution is -2.13. The number of carboxylic acid groups (broad SMARTS) is 1. The largest absolute Gasteiger partial charge is 0.477 e. The van der Waals surface area contributed by atoms with Crippen LogP contribution in [0.2, 0.25) is 0 Å². The summed E-state index contributed by atoms with van der Waals surface area (Å²) < 4.78 is 10.8. The minimum atomic E-state index is -1.28. The second kappa shape index (κ2) is 8.58. The summed E-state index contributed by atoms with van der Waals surface area (Å²) in [7, 11) is 1.17. The molecule has 12 nitrogen and oxygen atoms in total. The van der Waals surface area contributed by atoms with Crippen LogP contribution >= 0.6 is 11.8 Å². The number of hydrogen-bond acceptors (Lipinski definition) is 10. The molecule has 0 radical (unpaired) electrons. The molecule has 0 aliphatic rings. The van der Waals surface area contributed by atoms with Gasteiger partial charge in [-0.05, 0) is 39.9 Å². The predicted molar refractivity (Wildman–Crippen MR) is 98.3 cm³/mol. The number of halogens is 1. The SMILES string of the molecule is COC(=O)c1cc(C(=O)O)nc2nnnn12.Cc1nc2cc(CNCl)ccc2o1. The van der Waals surface area contributed by atoms with Gasteiger partial charge in [0.2, 0.25) is 0 Å². The number of carboxylic acids is 1. The van der Waals surface area contributed by atoms with Crippen molar-refractivity contribution in [1.82, 2.24) is 34.8 Å². The van der Waals surface area contributed by atoms with E-state index in [0.717, 1.165) is 27.2 Å². The highest BCUT2D eigenvalue weighted by atomic mass is 35.5. The molecule has 0 amide bonds. The molecule has 4 aromatic rings. The van der Waals surface area contributed by atoms with Crippen molar-refractivity contribution in [2.75, 3.05) is 7.11 Å². The molecule has 4 rings (SSSR count). The number of methoxy groups -OCH3 is 1. The zero-order chi connectivity index (χ0) is 21.0. The number of fused-ring (bicyclic) bond motifs is 2. The molecule has 13 heteroatoms. The molecule has 29 heavy (non-hydrogen) atoms. The number of nitrogens with one attached hydrogen (secondary N) is 1. The fourth-order valence-corrected chi connectivity index (χ4v) is 2.53. The number of benzene rings is 1. The van der Waals surface area contributed by atoms with Crippen molar-refractivity contribution >= 4 is 40.6 Å². The first kappa shape index (κ1) is 20.1. The number of nitrogens with zero attached hydrogens (tertiary/aromatic N) is 6. The molecule has 0 unspecified atom stereocenters. The quantitative estimate of drug-likeness (QED) is 0.363. The van der Waals surface area contributed by atoms with Crippen LogP contribution in [0.3, 0.4) is 0 Å². The molecule has 3 aromatic heterocycles. The van der Waals surface area contributed by atoms with E-state index in [-0.39, 0.29) is 17.2 Å². The Bertz CT molecular complexity index is 1190. The van der Waals surface area contributed by atoms with Crippen LogP contribution in [0.15, 0.2) is 28.7 Å². The Morgan fingerprint density at radius 1 is 1.31 bits per heavy atom. The van der Waals surface area contributed by atoms with E-state index in [2.05, 4.69) is 35.1 Å². The van der Waals surface area contributed by atoms with Crippen LogP contribution in [0.1, 0.15) is 32.4 Å². The Morgan fingerprint density at radius 2 is 2.10 bits per heavy atom. The molecule has 0 aliphatic heterocycles. The van der Waals surface area contributed by atoms with Gasteiger partial charge in [0.25, 0.3) is 5.78 Å². The number of carbonyl (C=O) groups is 2. The average molecular weight is 420 g/mol. The highest BCUT2D eigenvalue weighted by molar-refractivity contribution is 6.13. The number of rotatable bonds is 4. The maximum Gasteiger partial charge on any atom is 0.357 e. The molecule has 0 aliphatic carbocycles. The number of aromatic nitrogens is 6. The van der Waals surface area contributed by atoms with E-state index in [1.807, 2.05) is 25.1 Å². The third-order valence-electron chi connectivity index (χ3n) is 3.62. The van der Waals surface area contributed by atoms with Crippen LogP contribution < -0.4 is 4.84 Å². The molecule has 1 aromatic carbocycles. The van der Waals surface area contributed by atoms with Crippen LogP contribution in [-0.2, 0) is 11.3 Å². The Morgan fingerprint density at radius 3 is 2.79 bits per heavy atom. The lowest BCUT2D eigenvalue weighted by molar-refractivity contribution is 0.0590. The summed E-state index contributed by atoms with van der Waals surface area (Å²) in [6.07, 6.45) is 0. The van der Waals surface area contributed by atoms with Crippen LogP contribution in [0, 0.1) is 6.92 Å². The van der Waals surface area contributed by atoms with Crippen molar-refractivity contribution in [1.29, 1.82) is 0 Å². The molecule has 2 N–H and O–H groups in total. The molecule has 150 valence electrons. The molecular weight excluding hydrogens is 406 g/mol. The summed E-state index contributed by atoms with van der Waals surface area (Å²) in [4.78, 5) is 32.5. The van der Waals surface area contributed by atoms with E-state index in [9.17, 15) is 9.59 Å². The van der Waals surface area contributed by atoms with Gasteiger partial charge in [-0.15, -0.1) is 0 Å². The normalized spacial score (nSPS) is 10.6. The summed E-state index contributed by atoms with van der Waals surface area (Å²) in [6, 6.07) is 6.86. The average Bonchev–Trinajstić information content (AvgIpc) is 3.32. The summed E-state index contributed by atoms with van der Waals surface area (Å²) in [5.74, 6) is -1.43. The highest BCUT2D eigenvalue weighted by Gasteiger charge is 2.18.